The second kappa shape index (κ2) is 9.05. The Morgan fingerprint density at radius 1 is 0.882 bits per heavy atom. The second-order valence-electron chi connectivity index (χ2n) is 8.25. The Kier molecular flexibility index (Phi) is 5.79. The van der Waals surface area contributed by atoms with Crippen LogP contribution < -0.4 is 10.5 Å². The first-order valence-corrected chi connectivity index (χ1v) is 11.0. The number of carbonyl (C=O) groups is 1. The van der Waals surface area contributed by atoms with Gasteiger partial charge in [-0.05, 0) is 60.2 Å². The maximum atomic E-state index is 13.4. The Morgan fingerprint density at radius 2 is 1.53 bits per heavy atom. The topological polar surface area (TPSA) is 58.4 Å². The molecule has 0 radical (unpaired) electrons. The molecule has 0 spiro atoms. The molecule has 4 aromatic rings. The molecule has 1 aliphatic rings. The van der Waals surface area contributed by atoms with Crippen molar-refractivity contribution in [3.63, 3.8) is 0 Å². The third-order valence-electron chi connectivity index (χ3n) is 6.09. The predicted octanol–water partition coefficient (Wildman–Crippen LogP) is 3.69. The van der Waals surface area contributed by atoms with E-state index in [1.54, 1.807) is 47.5 Å². The number of piperazine rings is 1. The normalized spacial score (nSPS) is 13.9. The molecule has 8 heteroatoms. The van der Waals surface area contributed by atoms with Gasteiger partial charge in [0.05, 0.1) is 6.54 Å². The zero-order valence-corrected chi connectivity index (χ0v) is 18.3. The summed E-state index contributed by atoms with van der Waals surface area (Å²) in [7, 11) is 0. The van der Waals surface area contributed by atoms with Gasteiger partial charge in [-0.15, -0.1) is 0 Å². The molecule has 0 aliphatic carbocycles. The molecule has 34 heavy (non-hydrogen) atoms. The zero-order valence-electron chi connectivity index (χ0n) is 18.3. The van der Waals surface area contributed by atoms with E-state index in [0.717, 1.165) is 11.3 Å². The van der Waals surface area contributed by atoms with Gasteiger partial charge in [-0.3, -0.25) is 14.2 Å². The first-order valence-electron chi connectivity index (χ1n) is 11.0. The van der Waals surface area contributed by atoms with Gasteiger partial charge in [-0.25, -0.2) is 13.8 Å². The van der Waals surface area contributed by atoms with Crippen LogP contribution in [0.3, 0.4) is 0 Å². The number of anilines is 1. The quantitative estimate of drug-likeness (QED) is 0.466. The number of carbonyl (C=O) groups excluding carboxylic acids is 1. The van der Waals surface area contributed by atoms with Gasteiger partial charge < -0.3 is 9.80 Å². The molecule has 1 aliphatic heterocycles. The van der Waals surface area contributed by atoms with E-state index in [9.17, 15) is 18.4 Å². The summed E-state index contributed by atoms with van der Waals surface area (Å²) in [6, 6.07) is 17.3. The molecule has 1 saturated heterocycles. The second-order valence-corrected chi connectivity index (χ2v) is 8.25. The number of aromatic nitrogens is 2. The van der Waals surface area contributed by atoms with Gasteiger partial charge in [-0.2, -0.15) is 0 Å². The fourth-order valence-corrected chi connectivity index (χ4v) is 4.27. The fraction of sp³-hybridized carbons (Fsp3) is 0.192. The van der Waals surface area contributed by atoms with Crippen molar-refractivity contribution < 1.29 is 13.6 Å². The van der Waals surface area contributed by atoms with Crippen LogP contribution in [0.15, 0.2) is 77.7 Å². The lowest BCUT2D eigenvalue weighted by Crippen LogP contribution is -2.50. The summed E-state index contributed by atoms with van der Waals surface area (Å²) >= 11 is 0. The summed E-state index contributed by atoms with van der Waals surface area (Å²) in [5, 5.41) is 0.678. The molecule has 3 heterocycles. The lowest BCUT2D eigenvalue weighted by molar-refractivity contribution is 0.0744. The van der Waals surface area contributed by atoms with Crippen LogP contribution in [-0.2, 0) is 6.54 Å². The summed E-state index contributed by atoms with van der Waals surface area (Å²) in [5.41, 5.74) is 1.74. The zero-order chi connectivity index (χ0) is 23.7. The molecule has 0 saturated carbocycles. The van der Waals surface area contributed by atoms with Crippen molar-refractivity contribution in [2.24, 2.45) is 0 Å². The first-order chi connectivity index (χ1) is 16.5. The summed E-state index contributed by atoms with van der Waals surface area (Å²) in [5.74, 6) is -0.981. The van der Waals surface area contributed by atoms with E-state index < -0.39 is 5.56 Å². The number of amides is 1. The van der Waals surface area contributed by atoms with Gasteiger partial charge in [-0.1, -0.05) is 12.1 Å². The monoisotopic (exact) mass is 460 g/mol. The van der Waals surface area contributed by atoms with Crippen LogP contribution in [0.25, 0.3) is 11.0 Å². The Bertz CT molecular complexity index is 1390. The highest BCUT2D eigenvalue weighted by Gasteiger charge is 2.25. The van der Waals surface area contributed by atoms with Gasteiger partial charge >= 0.3 is 0 Å². The number of hydrogen-bond donors (Lipinski definition) is 0. The molecular formula is C26H22F2N4O2. The van der Waals surface area contributed by atoms with Gasteiger partial charge in [0.2, 0.25) is 0 Å². The number of nitrogens with zero attached hydrogens (tertiary/aromatic N) is 4. The van der Waals surface area contributed by atoms with Crippen molar-refractivity contribution in [3.05, 3.63) is 106 Å². The standard InChI is InChI=1S/C26H22F2N4O2/c27-20-5-3-18(4-6-20)17-32-24-19(2-1-11-29-24)16-23(26(32)34)25(33)31-14-12-30(13-15-31)22-9-7-21(28)8-10-22/h1-11,16H,12-15,17H2. The van der Waals surface area contributed by atoms with Crippen LogP contribution in [0.2, 0.25) is 0 Å². The fourth-order valence-electron chi connectivity index (χ4n) is 4.27. The van der Waals surface area contributed by atoms with E-state index in [4.69, 9.17) is 0 Å². The van der Waals surface area contributed by atoms with Crippen molar-refractivity contribution in [1.29, 1.82) is 0 Å². The molecule has 6 nitrogen and oxygen atoms in total. The number of rotatable bonds is 4. The van der Waals surface area contributed by atoms with Crippen LogP contribution in [0, 0.1) is 11.6 Å². The van der Waals surface area contributed by atoms with E-state index >= 15 is 0 Å². The maximum Gasteiger partial charge on any atom is 0.265 e. The highest BCUT2D eigenvalue weighted by Crippen LogP contribution is 2.19. The van der Waals surface area contributed by atoms with Crippen LogP contribution in [0.1, 0.15) is 15.9 Å². The summed E-state index contributed by atoms with van der Waals surface area (Å²) in [6.07, 6.45) is 1.60. The van der Waals surface area contributed by atoms with E-state index in [1.807, 2.05) is 6.07 Å². The van der Waals surface area contributed by atoms with E-state index in [2.05, 4.69) is 9.88 Å². The predicted molar refractivity (Wildman–Crippen MR) is 126 cm³/mol. The summed E-state index contributed by atoms with van der Waals surface area (Å²) in [4.78, 5) is 34.9. The highest BCUT2D eigenvalue weighted by atomic mass is 19.1. The number of pyridine rings is 2. The largest absolute Gasteiger partial charge is 0.368 e. The van der Waals surface area contributed by atoms with Crippen molar-refractivity contribution in [1.82, 2.24) is 14.5 Å². The number of hydrogen-bond acceptors (Lipinski definition) is 4. The average molecular weight is 460 g/mol. The Labute approximate surface area is 194 Å². The molecule has 0 bridgehead atoms. The molecule has 2 aromatic heterocycles. The van der Waals surface area contributed by atoms with Crippen LogP contribution in [-0.4, -0.2) is 46.5 Å². The van der Waals surface area contributed by atoms with Gasteiger partial charge in [0, 0.05) is 43.4 Å². The van der Waals surface area contributed by atoms with E-state index in [-0.39, 0.29) is 29.6 Å². The van der Waals surface area contributed by atoms with Crippen LogP contribution in [0.5, 0.6) is 0 Å². The van der Waals surface area contributed by atoms with E-state index in [0.29, 0.717) is 37.2 Å². The summed E-state index contributed by atoms with van der Waals surface area (Å²) < 4.78 is 28.0. The van der Waals surface area contributed by atoms with Crippen LogP contribution >= 0.6 is 0 Å². The Morgan fingerprint density at radius 3 is 2.21 bits per heavy atom. The molecule has 0 N–H and O–H groups in total. The molecule has 1 fully saturated rings. The Hall–Kier alpha value is -4.07. The minimum atomic E-state index is -0.429. The molecule has 0 unspecified atom stereocenters. The van der Waals surface area contributed by atoms with Gasteiger partial charge in [0.25, 0.3) is 11.5 Å². The lowest BCUT2D eigenvalue weighted by Gasteiger charge is -2.36. The highest BCUT2D eigenvalue weighted by molar-refractivity contribution is 5.97. The van der Waals surface area contributed by atoms with Crippen molar-refractivity contribution >= 4 is 22.6 Å². The average Bonchev–Trinajstić information content (AvgIpc) is 2.87. The van der Waals surface area contributed by atoms with E-state index in [1.165, 1.54) is 28.8 Å². The summed E-state index contributed by atoms with van der Waals surface area (Å²) in [6.45, 7) is 2.22. The van der Waals surface area contributed by atoms with Gasteiger partial charge in [0.1, 0.15) is 22.8 Å². The smallest absolute Gasteiger partial charge is 0.265 e. The number of halogens is 2. The maximum absolute atomic E-state index is 13.4. The molecule has 172 valence electrons. The van der Waals surface area contributed by atoms with Gasteiger partial charge in [0.15, 0.2) is 0 Å². The van der Waals surface area contributed by atoms with Crippen LogP contribution in [0.4, 0.5) is 14.5 Å². The third-order valence-corrected chi connectivity index (χ3v) is 6.09. The molecular weight excluding hydrogens is 438 g/mol. The lowest BCUT2D eigenvalue weighted by atomic mass is 10.1. The molecule has 2 aromatic carbocycles. The van der Waals surface area contributed by atoms with Crippen molar-refractivity contribution in [2.45, 2.75) is 6.54 Å². The number of benzene rings is 2. The minimum Gasteiger partial charge on any atom is -0.368 e. The first kappa shape index (κ1) is 21.8. The molecule has 1 amide bonds. The third kappa shape index (κ3) is 4.26. The van der Waals surface area contributed by atoms with Crippen molar-refractivity contribution in [2.75, 3.05) is 31.1 Å². The minimum absolute atomic E-state index is 0.0813. The number of fused-ring (bicyclic) bond motifs is 1. The Balaban J connectivity index is 1.42. The molecule has 0 atom stereocenters. The van der Waals surface area contributed by atoms with Crippen molar-refractivity contribution in [3.8, 4) is 0 Å². The molecule has 5 rings (SSSR count). The SMILES string of the molecule is O=C(c1cc2cccnc2n(Cc2ccc(F)cc2)c1=O)N1CCN(c2ccc(F)cc2)CC1.